The first-order chi connectivity index (χ1) is 6.17. The van der Waals surface area contributed by atoms with E-state index in [0.29, 0.717) is 0 Å². The average molecular weight is 220 g/mol. The van der Waals surface area contributed by atoms with Gasteiger partial charge in [-0.2, -0.15) is 0 Å². The third-order valence-electron chi connectivity index (χ3n) is 2.16. The molecule has 0 N–H and O–H groups in total. The number of rotatable bonds is 1. The molecule has 4 nitrogen and oxygen atoms in total. The van der Waals surface area contributed by atoms with Crippen LogP contribution in [0.15, 0.2) is 0 Å². The van der Waals surface area contributed by atoms with Gasteiger partial charge in [-0.25, -0.2) is 0 Å². The summed E-state index contributed by atoms with van der Waals surface area (Å²) in [6.07, 6.45) is -0.570. The summed E-state index contributed by atoms with van der Waals surface area (Å²) in [6.45, 7) is 8.61. The van der Waals surface area contributed by atoms with Gasteiger partial charge in [0.25, 0.3) is 0 Å². The van der Waals surface area contributed by atoms with Gasteiger partial charge in [0.1, 0.15) is 0 Å². The predicted octanol–water partition coefficient (Wildman–Crippen LogP) is 2.58. The number of carbonyl (C=O) groups is 1. The molecule has 2 unspecified atom stereocenters. The highest BCUT2D eigenvalue weighted by Gasteiger charge is 2.49. The maximum atomic E-state index is 12.0. The van der Waals surface area contributed by atoms with Crippen molar-refractivity contribution in [3.63, 3.8) is 0 Å². The van der Waals surface area contributed by atoms with Gasteiger partial charge >= 0.3 is 7.60 Å². The molecule has 2 atom stereocenters. The van der Waals surface area contributed by atoms with Crippen molar-refractivity contribution in [2.75, 3.05) is 0 Å². The van der Waals surface area contributed by atoms with Crippen LogP contribution in [0.4, 0.5) is 0 Å². The van der Waals surface area contributed by atoms with Gasteiger partial charge in [0.15, 0.2) is 0 Å². The van der Waals surface area contributed by atoms with Crippen molar-refractivity contribution in [1.82, 2.24) is 0 Å². The predicted molar refractivity (Wildman–Crippen MR) is 53.2 cm³/mol. The fourth-order valence-electron chi connectivity index (χ4n) is 1.14. The van der Waals surface area contributed by atoms with E-state index in [2.05, 4.69) is 0 Å². The number of hydrogen-bond acceptors (Lipinski definition) is 4. The van der Waals surface area contributed by atoms with E-state index in [-0.39, 0.29) is 12.2 Å². The lowest BCUT2D eigenvalue weighted by Gasteiger charge is -2.19. The van der Waals surface area contributed by atoms with Crippen LogP contribution in [0.2, 0.25) is 0 Å². The van der Waals surface area contributed by atoms with Crippen LogP contribution in [0, 0.1) is 5.41 Å². The molecule has 1 fully saturated rings. The molecule has 1 aliphatic heterocycles. The number of hydrogen-bond donors (Lipinski definition) is 0. The minimum Gasteiger partial charge on any atom is -0.297 e. The Kier molecular flexibility index (Phi) is 2.92. The molecule has 0 aromatic rings. The molecule has 0 amide bonds. The summed E-state index contributed by atoms with van der Waals surface area (Å²) in [5.41, 5.74) is -1.14. The van der Waals surface area contributed by atoms with E-state index < -0.39 is 18.5 Å². The van der Waals surface area contributed by atoms with Crippen LogP contribution in [0.1, 0.15) is 34.6 Å². The summed E-state index contributed by atoms with van der Waals surface area (Å²) in [6, 6.07) is 0. The molecular formula is C9H17O4P. The third-order valence-corrected chi connectivity index (χ3v) is 4.55. The molecule has 1 aliphatic rings. The van der Waals surface area contributed by atoms with Crippen molar-refractivity contribution in [1.29, 1.82) is 0 Å². The molecule has 1 saturated heterocycles. The second-order valence-electron chi connectivity index (χ2n) is 4.67. The first-order valence-electron chi connectivity index (χ1n) is 4.68. The van der Waals surface area contributed by atoms with E-state index in [0.717, 1.165) is 0 Å². The van der Waals surface area contributed by atoms with Gasteiger partial charge in [-0.15, -0.1) is 0 Å². The maximum Gasteiger partial charge on any atom is 0.397 e. The first-order valence-corrected chi connectivity index (χ1v) is 6.23. The van der Waals surface area contributed by atoms with Gasteiger partial charge in [0, 0.05) is 5.41 Å². The van der Waals surface area contributed by atoms with Crippen LogP contribution in [0.5, 0.6) is 0 Å². The Balaban J connectivity index is 2.90. The Bertz CT molecular complexity index is 278. The second kappa shape index (κ2) is 3.44. The Morgan fingerprint density at radius 3 is 1.79 bits per heavy atom. The number of carbonyl (C=O) groups excluding carboxylic acids is 1. The van der Waals surface area contributed by atoms with Gasteiger partial charge in [-0.05, 0) is 13.8 Å². The molecule has 0 aromatic carbocycles. The molecule has 14 heavy (non-hydrogen) atoms. The second-order valence-corrected chi connectivity index (χ2v) is 6.50. The molecule has 0 aliphatic carbocycles. The van der Waals surface area contributed by atoms with Crippen molar-refractivity contribution in [3.8, 4) is 0 Å². The van der Waals surface area contributed by atoms with Crippen molar-refractivity contribution in [2.24, 2.45) is 5.41 Å². The zero-order valence-electron chi connectivity index (χ0n) is 9.23. The Labute approximate surface area is 84.5 Å². The monoisotopic (exact) mass is 220 g/mol. The van der Waals surface area contributed by atoms with E-state index in [1.165, 1.54) is 0 Å². The van der Waals surface area contributed by atoms with Crippen molar-refractivity contribution in [3.05, 3.63) is 0 Å². The van der Waals surface area contributed by atoms with Gasteiger partial charge in [0.2, 0.25) is 5.52 Å². The molecule has 0 radical (unpaired) electrons. The maximum absolute atomic E-state index is 12.0. The highest BCUT2D eigenvalue weighted by molar-refractivity contribution is 7.72. The lowest BCUT2D eigenvalue weighted by atomic mass is 10.00. The molecule has 1 rings (SSSR count). The van der Waals surface area contributed by atoms with Crippen molar-refractivity contribution >= 4 is 13.1 Å². The fraction of sp³-hybridized carbons (Fsp3) is 0.889. The molecule has 5 heteroatoms. The van der Waals surface area contributed by atoms with E-state index in [1.807, 2.05) is 0 Å². The summed E-state index contributed by atoms with van der Waals surface area (Å²) in [4.78, 5) is 11.8. The molecular weight excluding hydrogens is 203 g/mol. The van der Waals surface area contributed by atoms with Crippen LogP contribution >= 0.6 is 7.60 Å². The van der Waals surface area contributed by atoms with Crippen LogP contribution in [0.3, 0.4) is 0 Å². The molecule has 0 aromatic heterocycles. The molecule has 0 bridgehead atoms. The summed E-state index contributed by atoms with van der Waals surface area (Å²) in [5, 5.41) is 0. The summed E-state index contributed by atoms with van der Waals surface area (Å²) >= 11 is 0. The lowest BCUT2D eigenvalue weighted by Crippen LogP contribution is -2.20. The summed E-state index contributed by atoms with van der Waals surface area (Å²) in [7, 11) is -3.53. The topological polar surface area (TPSA) is 52.6 Å². The van der Waals surface area contributed by atoms with Crippen molar-refractivity contribution < 1.29 is 18.4 Å². The van der Waals surface area contributed by atoms with E-state index in [4.69, 9.17) is 9.05 Å². The lowest BCUT2D eigenvalue weighted by molar-refractivity contribution is -0.120. The fourth-order valence-corrected chi connectivity index (χ4v) is 3.42. The van der Waals surface area contributed by atoms with Crippen LogP contribution < -0.4 is 0 Å². The average Bonchev–Trinajstić information content (AvgIpc) is 2.24. The Morgan fingerprint density at radius 1 is 1.14 bits per heavy atom. The van der Waals surface area contributed by atoms with Crippen LogP contribution in [-0.2, 0) is 18.4 Å². The summed E-state index contributed by atoms with van der Waals surface area (Å²) < 4.78 is 22.3. The minimum absolute atomic E-state index is 0.285. The summed E-state index contributed by atoms with van der Waals surface area (Å²) in [5.74, 6) is 0. The normalized spacial score (nSPS) is 38.6. The zero-order chi connectivity index (χ0) is 11.1. The standard InChI is InChI=1S/C9H17O4P/c1-6-7(2)13-14(11,12-6)8(10)9(3,4)5/h6-7H,1-5H3. The largest absolute Gasteiger partial charge is 0.397 e. The smallest absolute Gasteiger partial charge is 0.297 e. The molecule has 0 saturated carbocycles. The van der Waals surface area contributed by atoms with Gasteiger partial charge in [-0.1, -0.05) is 20.8 Å². The van der Waals surface area contributed by atoms with E-state index >= 15 is 0 Å². The molecule has 82 valence electrons. The minimum atomic E-state index is -3.53. The molecule has 0 spiro atoms. The molecule has 1 heterocycles. The van der Waals surface area contributed by atoms with Crippen molar-refractivity contribution in [2.45, 2.75) is 46.8 Å². The Morgan fingerprint density at radius 2 is 1.50 bits per heavy atom. The van der Waals surface area contributed by atoms with E-state index in [9.17, 15) is 9.36 Å². The SMILES string of the molecule is CC1OP(=O)(C(=O)C(C)(C)C)OC1C. The van der Waals surface area contributed by atoms with E-state index in [1.54, 1.807) is 34.6 Å². The highest BCUT2D eigenvalue weighted by Crippen LogP contribution is 2.60. The zero-order valence-corrected chi connectivity index (χ0v) is 10.1. The van der Waals surface area contributed by atoms with Crippen LogP contribution in [-0.4, -0.2) is 17.7 Å². The first kappa shape index (κ1) is 11.9. The van der Waals surface area contributed by atoms with Crippen LogP contribution in [0.25, 0.3) is 0 Å². The van der Waals surface area contributed by atoms with Gasteiger partial charge < -0.3 is 0 Å². The van der Waals surface area contributed by atoms with Gasteiger partial charge in [0.05, 0.1) is 12.2 Å². The Hall–Kier alpha value is -0.180. The highest BCUT2D eigenvalue weighted by atomic mass is 31.2. The third kappa shape index (κ3) is 2.08. The quantitative estimate of drug-likeness (QED) is 0.637. The van der Waals surface area contributed by atoms with Gasteiger partial charge in [-0.3, -0.25) is 18.4 Å².